The van der Waals surface area contributed by atoms with E-state index in [1.54, 1.807) is 81.0 Å². The summed E-state index contributed by atoms with van der Waals surface area (Å²) in [5.41, 5.74) is 1.88. The second-order valence-corrected chi connectivity index (χ2v) is 6.83. The molecule has 0 aliphatic rings. The van der Waals surface area contributed by atoms with Crippen LogP contribution in [-0.2, 0) is 4.79 Å². The molecule has 0 saturated carbocycles. The number of aromatic nitrogens is 1. The van der Waals surface area contributed by atoms with Gasteiger partial charge in [0.1, 0.15) is 5.75 Å². The number of carbonyl (C=O) groups is 3. The van der Waals surface area contributed by atoms with Gasteiger partial charge in [0.05, 0.1) is 5.56 Å². The maximum Gasteiger partial charge on any atom is 0.259 e. The van der Waals surface area contributed by atoms with E-state index in [0.717, 1.165) is 0 Å². The van der Waals surface area contributed by atoms with Gasteiger partial charge in [-0.2, -0.15) is 0 Å². The molecule has 2 N–H and O–H groups in total. The highest BCUT2D eigenvalue weighted by Gasteiger charge is 2.10. The number of anilines is 2. The van der Waals surface area contributed by atoms with Crippen LogP contribution in [0.4, 0.5) is 11.4 Å². The zero-order valence-electron chi connectivity index (χ0n) is 17.2. The van der Waals surface area contributed by atoms with Crippen LogP contribution in [-0.4, -0.2) is 48.3 Å². The van der Waals surface area contributed by atoms with Gasteiger partial charge in [-0.15, -0.1) is 0 Å². The molecule has 0 unspecified atom stereocenters. The van der Waals surface area contributed by atoms with Crippen molar-refractivity contribution in [2.45, 2.75) is 0 Å². The minimum atomic E-state index is -0.325. The Kier molecular flexibility index (Phi) is 6.95. The Morgan fingerprint density at radius 1 is 0.871 bits per heavy atom. The molecule has 2 aromatic carbocycles. The Labute approximate surface area is 179 Å². The number of ether oxygens (including phenoxy) is 1. The molecule has 31 heavy (non-hydrogen) atoms. The first kappa shape index (κ1) is 21.5. The number of nitrogens with one attached hydrogen (secondary N) is 2. The van der Waals surface area contributed by atoms with Crippen molar-refractivity contribution in [2.75, 3.05) is 31.3 Å². The van der Waals surface area contributed by atoms with Crippen molar-refractivity contribution in [3.63, 3.8) is 0 Å². The van der Waals surface area contributed by atoms with E-state index < -0.39 is 0 Å². The van der Waals surface area contributed by atoms with Crippen LogP contribution >= 0.6 is 0 Å². The predicted molar refractivity (Wildman–Crippen MR) is 117 cm³/mol. The Bertz CT molecular complexity index is 1070. The van der Waals surface area contributed by atoms with Gasteiger partial charge in [0.25, 0.3) is 17.7 Å². The van der Waals surface area contributed by atoms with Crippen molar-refractivity contribution in [1.82, 2.24) is 9.88 Å². The molecular weight excluding hydrogens is 396 g/mol. The van der Waals surface area contributed by atoms with Crippen LogP contribution in [0.2, 0.25) is 0 Å². The topological polar surface area (TPSA) is 101 Å². The molecule has 0 saturated heterocycles. The fourth-order valence-corrected chi connectivity index (χ4v) is 2.55. The van der Waals surface area contributed by atoms with Crippen molar-refractivity contribution >= 4 is 29.1 Å². The van der Waals surface area contributed by atoms with E-state index in [9.17, 15) is 14.4 Å². The first-order chi connectivity index (χ1) is 14.9. The molecule has 3 amide bonds. The van der Waals surface area contributed by atoms with Crippen LogP contribution in [0.3, 0.4) is 0 Å². The number of rotatable bonds is 7. The highest BCUT2D eigenvalue weighted by atomic mass is 16.5. The quantitative estimate of drug-likeness (QED) is 0.614. The Morgan fingerprint density at radius 3 is 2.23 bits per heavy atom. The summed E-state index contributed by atoms with van der Waals surface area (Å²) in [7, 11) is 3.31. The molecule has 3 rings (SSSR count). The SMILES string of the molecule is CN(C)C(=O)COc1ccc(NC(=O)c2cccc(NC(=O)c3cccnc3)c2)cc1. The van der Waals surface area contributed by atoms with Gasteiger partial charge in [0.15, 0.2) is 6.61 Å². The lowest BCUT2D eigenvalue weighted by Crippen LogP contribution is -2.27. The van der Waals surface area contributed by atoms with Gasteiger partial charge in [-0.1, -0.05) is 6.07 Å². The molecule has 8 heteroatoms. The minimum absolute atomic E-state index is 0.0593. The van der Waals surface area contributed by atoms with E-state index in [0.29, 0.717) is 28.3 Å². The lowest BCUT2D eigenvalue weighted by atomic mass is 10.1. The number of amides is 3. The maximum absolute atomic E-state index is 12.6. The first-order valence-electron chi connectivity index (χ1n) is 9.48. The molecule has 0 bridgehead atoms. The van der Waals surface area contributed by atoms with Gasteiger partial charge < -0.3 is 20.3 Å². The number of carbonyl (C=O) groups excluding carboxylic acids is 3. The van der Waals surface area contributed by atoms with Crippen LogP contribution in [0.5, 0.6) is 5.75 Å². The standard InChI is InChI=1S/C23H22N4O4/c1-27(2)21(28)15-31-20-10-8-18(9-11-20)25-22(29)16-5-3-7-19(13-16)26-23(30)17-6-4-12-24-14-17/h3-14H,15H2,1-2H3,(H,25,29)(H,26,30). The van der Waals surface area contributed by atoms with Crippen LogP contribution in [0.25, 0.3) is 0 Å². The van der Waals surface area contributed by atoms with E-state index in [-0.39, 0.29) is 24.3 Å². The fourth-order valence-electron chi connectivity index (χ4n) is 2.55. The molecule has 1 aromatic heterocycles. The van der Waals surface area contributed by atoms with Crippen molar-refractivity contribution in [2.24, 2.45) is 0 Å². The largest absolute Gasteiger partial charge is 0.484 e. The predicted octanol–water partition coefficient (Wildman–Crippen LogP) is 3.05. The molecule has 0 atom stereocenters. The normalized spacial score (nSPS) is 10.1. The summed E-state index contributed by atoms with van der Waals surface area (Å²) in [4.78, 5) is 41.8. The number of pyridine rings is 1. The number of benzene rings is 2. The third-order valence-corrected chi connectivity index (χ3v) is 4.28. The van der Waals surface area contributed by atoms with Crippen molar-refractivity contribution in [1.29, 1.82) is 0 Å². The highest BCUT2D eigenvalue weighted by molar-refractivity contribution is 6.07. The van der Waals surface area contributed by atoms with Crippen LogP contribution < -0.4 is 15.4 Å². The number of hydrogen-bond donors (Lipinski definition) is 2. The second-order valence-electron chi connectivity index (χ2n) is 6.83. The number of likely N-dealkylation sites (N-methyl/N-ethyl adjacent to an activating group) is 1. The van der Waals surface area contributed by atoms with Gasteiger partial charge in [-0.05, 0) is 54.6 Å². The second kappa shape index (κ2) is 10.0. The first-order valence-corrected chi connectivity index (χ1v) is 9.48. The summed E-state index contributed by atoms with van der Waals surface area (Å²) in [5, 5.41) is 5.54. The lowest BCUT2D eigenvalue weighted by Gasteiger charge is -2.12. The summed E-state index contributed by atoms with van der Waals surface area (Å²) in [5.74, 6) is -0.260. The molecule has 0 fully saturated rings. The summed E-state index contributed by atoms with van der Waals surface area (Å²) in [6.45, 7) is -0.0593. The maximum atomic E-state index is 12.6. The molecule has 0 radical (unpaired) electrons. The Balaban J connectivity index is 1.60. The minimum Gasteiger partial charge on any atom is -0.484 e. The van der Waals surface area contributed by atoms with Gasteiger partial charge >= 0.3 is 0 Å². The van der Waals surface area contributed by atoms with Crippen molar-refractivity contribution in [3.8, 4) is 5.75 Å². The molecule has 0 aliphatic carbocycles. The molecule has 1 heterocycles. The van der Waals surface area contributed by atoms with E-state index in [1.807, 2.05) is 0 Å². The van der Waals surface area contributed by atoms with Crippen molar-refractivity contribution in [3.05, 3.63) is 84.2 Å². The Morgan fingerprint density at radius 2 is 1.55 bits per heavy atom. The molecular formula is C23H22N4O4. The van der Waals surface area contributed by atoms with Crippen LogP contribution in [0.1, 0.15) is 20.7 Å². The molecule has 0 aliphatic heterocycles. The van der Waals surface area contributed by atoms with Crippen LogP contribution in [0.15, 0.2) is 73.1 Å². The zero-order valence-corrected chi connectivity index (χ0v) is 17.2. The van der Waals surface area contributed by atoms with E-state index in [2.05, 4.69) is 15.6 Å². The molecule has 8 nitrogen and oxygen atoms in total. The van der Waals surface area contributed by atoms with Gasteiger partial charge in [0, 0.05) is 43.4 Å². The van der Waals surface area contributed by atoms with E-state index >= 15 is 0 Å². The van der Waals surface area contributed by atoms with Crippen molar-refractivity contribution < 1.29 is 19.1 Å². The monoisotopic (exact) mass is 418 g/mol. The molecule has 3 aromatic rings. The van der Waals surface area contributed by atoms with E-state index in [4.69, 9.17) is 4.74 Å². The molecule has 0 spiro atoms. The fraction of sp³-hybridized carbons (Fsp3) is 0.130. The average Bonchev–Trinajstić information content (AvgIpc) is 2.79. The van der Waals surface area contributed by atoms with Gasteiger partial charge in [0.2, 0.25) is 0 Å². The summed E-state index contributed by atoms with van der Waals surface area (Å²) >= 11 is 0. The smallest absolute Gasteiger partial charge is 0.259 e. The number of nitrogens with zero attached hydrogens (tertiary/aromatic N) is 2. The highest BCUT2D eigenvalue weighted by Crippen LogP contribution is 2.18. The number of hydrogen-bond acceptors (Lipinski definition) is 5. The van der Waals surface area contributed by atoms with Crippen LogP contribution in [0, 0.1) is 0 Å². The lowest BCUT2D eigenvalue weighted by molar-refractivity contribution is -0.130. The average molecular weight is 418 g/mol. The summed E-state index contributed by atoms with van der Waals surface area (Å²) in [6, 6.07) is 16.7. The van der Waals surface area contributed by atoms with Gasteiger partial charge in [-0.25, -0.2) is 0 Å². The molecule has 158 valence electrons. The third-order valence-electron chi connectivity index (χ3n) is 4.28. The summed E-state index contributed by atoms with van der Waals surface area (Å²) in [6.07, 6.45) is 3.05. The summed E-state index contributed by atoms with van der Waals surface area (Å²) < 4.78 is 5.41. The Hall–Kier alpha value is -4.20. The van der Waals surface area contributed by atoms with Gasteiger partial charge in [-0.3, -0.25) is 19.4 Å². The third kappa shape index (κ3) is 6.14. The van der Waals surface area contributed by atoms with E-state index in [1.165, 1.54) is 11.1 Å². The zero-order chi connectivity index (χ0) is 22.2.